The number of methoxy groups -OCH3 is 1. The van der Waals surface area contributed by atoms with E-state index in [4.69, 9.17) is 9.72 Å². The van der Waals surface area contributed by atoms with Crippen LogP contribution in [0.1, 0.15) is 11.1 Å². The van der Waals surface area contributed by atoms with E-state index in [1.165, 1.54) is 5.56 Å². The highest BCUT2D eigenvalue weighted by molar-refractivity contribution is 5.82. The van der Waals surface area contributed by atoms with Crippen LogP contribution in [-0.2, 0) is 11.2 Å². The highest BCUT2D eigenvalue weighted by Crippen LogP contribution is 2.24. The molecule has 1 aromatic heterocycles. The van der Waals surface area contributed by atoms with Crippen molar-refractivity contribution in [2.45, 2.75) is 13.3 Å². The van der Waals surface area contributed by atoms with Gasteiger partial charge >= 0.3 is 0 Å². The molecule has 0 N–H and O–H groups in total. The minimum atomic E-state index is 0.174. The van der Waals surface area contributed by atoms with Crippen molar-refractivity contribution in [3.05, 3.63) is 65.7 Å². The van der Waals surface area contributed by atoms with Crippen molar-refractivity contribution in [2.24, 2.45) is 0 Å². The number of piperazine rings is 1. The normalized spacial score (nSPS) is 14.4. The molecule has 1 aliphatic rings. The summed E-state index contributed by atoms with van der Waals surface area (Å²) in [6, 6.07) is 18.1. The Morgan fingerprint density at radius 1 is 1.04 bits per heavy atom. The lowest BCUT2D eigenvalue weighted by atomic mass is 10.1. The van der Waals surface area contributed by atoms with Crippen LogP contribution < -0.4 is 9.64 Å². The summed E-state index contributed by atoms with van der Waals surface area (Å²) in [7, 11) is 1.64. The van der Waals surface area contributed by atoms with Crippen molar-refractivity contribution < 1.29 is 9.53 Å². The molecule has 144 valence electrons. The number of hydrogen-bond donors (Lipinski definition) is 0. The fourth-order valence-corrected chi connectivity index (χ4v) is 3.73. The second kappa shape index (κ2) is 7.89. The molecule has 0 unspecified atom stereocenters. The number of rotatable bonds is 4. The van der Waals surface area contributed by atoms with E-state index in [-0.39, 0.29) is 5.91 Å². The molecule has 1 saturated heterocycles. The maximum absolute atomic E-state index is 12.7. The first-order valence-electron chi connectivity index (χ1n) is 9.66. The van der Waals surface area contributed by atoms with E-state index in [0.29, 0.717) is 6.42 Å². The molecular formula is C23H25N3O2. The van der Waals surface area contributed by atoms with E-state index in [2.05, 4.69) is 24.0 Å². The van der Waals surface area contributed by atoms with Crippen molar-refractivity contribution in [1.29, 1.82) is 0 Å². The minimum absolute atomic E-state index is 0.174. The van der Waals surface area contributed by atoms with Crippen LogP contribution in [-0.4, -0.2) is 49.1 Å². The van der Waals surface area contributed by atoms with Crippen molar-refractivity contribution in [1.82, 2.24) is 9.88 Å². The Morgan fingerprint density at radius 3 is 2.46 bits per heavy atom. The number of carbonyl (C=O) groups is 1. The van der Waals surface area contributed by atoms with Crippen LogP contribution in [0, 0.1) is 6.92 Å². The van der Waals surface area contributed by atoms with Crippen molar-refractivity contribution in [3.63, 3.8) is 0 Å². The third kappa shape index (κ3) is 3.79. The van der Waals surface area contributed by atoms with Gasteiger partial charge in [-0.3, -0.25) is 4.79 Å². The van der Waals surface area contributed by atoms with Crippen LogP contribution >= 0.6 is 0 Å². The highest BCUT2D eigenvalue weighted by Gasteiger charge is 2.23. The van der Waals surface area contributed by atoms with E-state index < -0.39 is 0 Å². The summed E-state index contributed by atoms with van der Waals surface area (Å²) < 4.78 is 5.17. The molecule has 0 spiro atoms. The van der Waals surface area contributed by atoms with Crippen LogP contribution in [0.3, 0.4) is 0 Å². The standard InChI is InChI=1S/C23H25N3O2/c1-17-15-19-5-3-4-6-21(19)24-23(17)26-13-11-25(12-14-26)22(27)16-18-7-9-20(28-2)10-8-18/h3-10,15H,11-14,16H2,1-2H3. The highest BCUT2D eigenvalue weighted by atomic mass is 16.5. The van der Waals surface area contributed by atoms with E-state index in [1.807, 2.05) is 47.4 Å². The summed E-state index contributed by atoms with van der Waals surface area (Å²) in [6.45, 7) is 5.17. The van der Waals surface area contributed by atoms with Crippen LogP contribution in [0.4, 0.5) is 5.82 Å². The Labute approximate surface area is 165 Å². The van der Waals surface area contributed by atoms with Gasteiger partial charge in [-0.1, -0.05) is 30.3 Å². The Hall–Kier alpha value is -3.08. The zero-order valence-electron chi connectivity index (χ0n) is 16.4. The predicted octanol–water partition coefficient (Wildman–Crippen LogP) is 3.44. The average molecular weight is 375 g/mol. The molecule has 5 heteroatoms. The summed E-state index contributed by atoms with van der Waals surface area (Å²) >= 11 is 0. The largest absolute Gasteiger partial charge is 0.497 e. The van der Waals surface area contributed by atoms with Gasteiger partial charge in [-0.05, 0) is 42.3 Å². The fourth-order valence-electron chi connectivity index (χ4n) is 3.73. The summed E-state index contributed by atoms with van der Waals surface area (Å²) in [5, 5.41) is 1.16. The number of anilines is 1. The number of fused-ring (bicyclic) bond motifs is 1. The smallest absolute Gasteiger partial charge is 0.227 e. The molecule has 0 aliphatic carbocycles. The fraction of sp³-hybridized carbons (Fsp3) is 0.304. The first-order valence-corrected chi connectivity index (χ1v) is 9.66. The first kappa shape index (κ1) is 18.3. The van der Waals surface area contributed by atoms with E-state index in [9.17, 15) is 4.79 Å². The SMILES string of the molecule is COc1ccc(CC(=O)N2CCN(c3nc4ccccc4cc3C)CC2)cc1. The molecule has 2 aromatic carbocycles. The van der Waals surface area contributed by atoms with E-state index in [1.54, 1.807) is 7.11 Å². The number of amides is 1. The number of aryl methyl sites for hydroxylation is 1. The average Bonchev–Trinajstić information content (AvgIpc) is 2.74. The second-order valence-electron chi connectivity index (χ2n) is 7.21. The van der Waals surface area contributed by atoms with Gasteiger partial charge in [-0.25, -0.2) is 4.98 Å². The first-order chi connectivity index (χ1) is 13.6. The molecule has 2 heterocycles. The third-order valence-corrected chi connectivity index (χ3v) is 5.33. The summed E-state index contributed by atoms with van der Waals surface area (Å²) in [6.07, 6.45) is 0.428. The van der Waals surface area contributed by atoms with Gasteiger partial charge in [0.1, 0.15) is 11.6 Å². The predicted molar refractivity (Wildman–Crippen MR) is 112 cm³/mol. The maximum Gasteiger partial charge on any atom is 0.227 e. The Balaban J connectivity index is 1.40. The maximum atomic E-state index is 12.7. The topological polar surface area (TPSA) is 45.7 Å². The molecule has 0 saturated carbocycles. The Kier molecular flexibility index (Phi) is 5.15. The summed E-state index contributed by atoms with van der Waals surface area (Å²) in [5.41, 5.74) is 3.21. The number of nitrogens with zero attached hydrogens (tertiary/aromatic N) is 3. The molecular weight excluding hydrogens is 350 g/mol. The second-order valence-corrected chi connectivity index (χ2v) is 7.21. The number of hydrogen-bond acceptors (Lipinski definition) is 4. The van der Waals surface area contributed by atoms with Gasteiger partial charge in [0, 0.05) is 31.6 Å². The van der Waals surface area contributed by atoms with Gasteiger partial charge in [-0.15, -0.1) is 0 Å². The molecule has 0 atom stereocenters. The summed E-state index contributed by atoms with van der Waals surface area (Å²) in [5.74, 6) is 2.01. The number of benzene rings is 2. The number of pyridine rings is 1. The molecule has 1 aliphatic heterocycles. The van der Waals surface area contributed by atoms with Gasteiger partial charge in [0.05, 0.1) is 19.0 Å². The van der Waals surface area contributed by atoms with Gasteiger partial charge in [0.2, 0.25) is 5.91 Å². The number of para-hydroxylation sites is 1. The van der Waals surface area contributed by atoms with Crippen molar-refractivity contribution in [3.8, 4) is 5.75 Å². The lowest BCUT2D eigenvalue weighted by Gasteiger charge is -2.36. The molecule has 0 bridgehead atoms. The van der Waals surface area contributed by atoms with E-state index in [0.717, 1.165) is 54.2 Å². The third-order valence-electron chi connectivity index (χ3n) is 5.33. The van der Waals surface area contributed by atoms with Gasteiger partial charge < -0.3 is 14.5 Å². The number of carbonyl (C=O) groups excluding carboxylic acids is 1. The lowest BCUT2D eigenvalue weighted by Crippen LogP contribution is -2.49. The van der Waals surface area contributed by atoms with Crippen LogP contribution in [0.5, 0.6) is 5.75 Å². The molecule has 1 amide bonds. The zero-order valence-corrected chi connectivity index (χ0v) is 16.4. The quantitative estimate of drug-likeness (QED) is 0.701. The van der Waals surface area contributed by atoms with Gasteiger partial charge in [-0.2, -0.15) is 0 Å². The summed E-state index contributed by atoms with van der Waals surface area (Å²) in [4.78, 5) is 21.8. The van der Waals surface area contributed by atoms with Crippen LogP contribution in [0.15, 0.2) is 54.6 Å². The molecule has 0 radical (unpaired) electrons. The molecule has 4 rings (SSSR count). The number of aromatic nitrogens is 1. The van der Waals surface area contributed by atoms with Crippen molar-refractivity contribution in [2.75, 3.05) is 38.2 Å². The minimum Gasteiger partial charge on any atom is -0.497 e. The monoisotopic (exact) mass is 375 g/mol. The Bertz CT molecular complexity index is 977. The molecule has 1 fully saturated rings. The molecule has 3 aromatic rings. The Morgan fingerprint density at radius 2 is 1.75 bits per heavy atom. The molecule has 28 heavy (non-hydrogen) atoms. The van der Waals surface area contributed by atoms with E-state index >= 15 is 0 Å². The van der Waals surface area contributed by atoms with Crippen LogP contribution in [0.2, 0.25) is 0 Å². The zero-order chi connectivity index (χ0) is 19.5. The van der Waals surface area contributed by atoms with Gasteiger partial charge in [0.25, 0.3) is 0 Å². The van der Waals surface area contributed by atoms with Crippen molar-refractivity contribution >= 4 is 22.6 Å². The number of ether oxygens (including phenoxy) is 1. The lowest BCUT2D eigenvalue weighted by molar-refractivity contribution is -0.130. The molecule has 5 nitrogen and oxygen atoms in total. The van der Waals surface area contributed by atoms with Crippen LogP contribution in [0.25, 0.3) is 10.9 Å². The van der Waals surface area contributed by atoms with Gasteiger partial charge in [0.15, 0.2) is 0 Å².